The summed E-state index contributed by atoms with van der Waals surface area (Å²) in [5.41, 5.74) is 1.21. The summed E-state index contributed by atoms with van der Waals surface area (Å²) < 4.78 is 10.9. The van der Waals surface area contributed by atoms with E-state index in [2.05, 4.69) is 18.9 Å². The molecule has 0 spiro atoms. The van der Waals surface area contributed by atoms with Crippen molar-refractivity contribution >= 4 is 5.71 Å². The van der Waals surface area contributed by atoms with Crippen molar-refractivity contribution in [2.45, 2.75) is 33.0 Å². The minimum Gasteiger partial charge on any atom is -0.350 e. The second-order valence-electron chi connectivity index (χ2n) is 4.10. The van der Waals surface area contributed by atoms with Crippen molar-refractivity contribution in [2.75, 3.05) is 27.3 Å². The smallest absolute Gasteiger partial charge is 0.158 e. The highest BCUT2D eigenvalue weighted by Crippen LogP contribution is 2.17. The average molecular weight is 214 g/mol. The quantitative estimate of drug-likeness (QED) is 0.516. The minimum atomic E-state index is -0.0288. The summed E-state index contributed by atoms with van der Waals surface area (Å²) in [6.45, 7) is 5.76. The Morgan fingerprint density at radius 3 is 2.47 bits per heavy atom. The first-order valence-electron chi connectivity index (χ1n) is 5.61. The lowest BCUT2D eigenvalue weighted by Gasteiger charge is -2.18. The van der Waals surface area contributed by atoms with Gasteiger partial charge in [-0.05, 0) is 6.42 Å². The van der Waals surface area contributed by atoms with Crippen molar-refractivity contribution in [1.29, 1.82) is 0 Å². The lowest BCUT2D eigenvalue weighted by Crippen LogP contribution is -2.21. The van der Waals surface area contributed by atoms with Gasteiger partial charge in [0.2, 0.25) is 0 Å². The van der Waals surface area contributed by atoms with Crippen molar-refractivity contribution in [3.63, 3.8) is 0 Å². The van der Waals surface area contributed by atoms with Crippen LogP contribution in [-0.2, 0) is 9.47 Å². The van der Waals surface area contributed by atoms with Gasteiger partial charge in [0.1, 0.15) is 0 Å². The maximum atomic E-state index is 5.43. The van der Waals surface area contributed by atoms with E-state index >= 15 is 0 Å². The van der Waals surface area contributed by atoms with Crippen LogP contribution in [0.25, 0.3) is 0 Å². The van der Waals surface area contributed by atoms with Crippen LogP contribution in [0.2, 0.25) is 0 Å². The van der Waals surface area contributed by atoms with Crippen LogP contribution < -0.4 is 0 Å². The Morgan fingerprint density at radius 1 is 1.40 bits per heavy atom. The van der Waals surface area contributed by atoms with Crippen LogP contribution >= 0.6 is 0 Å². The van der Waals surface area contributed by atoms with Crippen LogP contribution in [-0.4, -0.2) is 44.3 Å². The third-order valence-corrected chi connectivity index (χ3v) is 2.50. The molecule has 4 heteroatoms. The second kappa shape index (κ2) is 6.08. The molecule has 0 radical (unpaired) electrons. The molecule has 1 aliphatic heterocycles. The van der Waals surface area contributed by atoms with Crippen LogP contribution in [0.4, 0.5) is 0 Å². The Hall–Kier alpha value is -0.610. The Labute approximate surface area is 92.2 Å². The molecule has 1 atom stereocenters. The van der Waals surface area contributed by atoms with Crippen molar-refractivity contribution in [3.05, 3.63) is 0 Å². The van der Waals surface area contributed by atoms with Gasteiger partial charge in [-0.15, -0.1) is 0 Å². The normalized spacial score (nSPS) is 20.7. The van der Waals surface area contributed by atoms with E-state index in [1.165, 1.54) is 5.71 Å². The van der Waals surface area contributed by atoms with Gasteiger partial charge in [0.25, 0.3) is 0 Å². The van der Waals surface area contributed by atoms with Gasteiger partial charge in [0.05, 0.1) is 13.2 Å². The zero-order valence-electron chi connectivity index (χ0n) is 10.2. The molecule has 1 fully saturated rings. The van der Waals surface area contributed by atoms with E-state index in [9.17, 15) is 0 Å². The molecule has 1 rings (SSSR count). The Bertz CT molecular complexity index is 211. The molecule has 1 unspecified atom stereocenters. The fraction of sp³-hybridized carbons (Fsp3) is 0.909. The standard InChI is InChI=1S/C11H22N2O2/c1-5-10(12-13(3)4)9(2)8-11-14-6-7-15-11/h9,11H,5-8H2,1-4H3/b12-10+. The molecule has 0 saturated carbocycles. The highest BCUT2D eigenvalue weighted by atomic mass is 16.7. The van der Waals surface area contributed by atoms with Crippen molar-refractivity contribution < 1.29 is 9.47 Å². The molecule has 0 aromatic rings. The fourth-order valence-corrected chi connectivity index (χ4v) is 1.74. The molecule has 0 aliphatic carbocycles. The van der Waals surface area contributed by atoms with Crippen LogP contribution in [0.1, 0.15) is 26.7 Å². The summed E-state index contributed by atoms with van der Waals surface area (Å²) >= 11 is 0. The van der Waals surface area contributed by atoms with E-state index in [1.54, 1.807) is 0 Å². The Morgan fingerprint density at radius 2 is 2.00 bits per heavy atom. The lowest BCUT2D eigenvalue weighted by molar-refractivity contribution is -0.0511. The number of hydrazone groups is 1. The summed E-state index contributed by atoms with van der Waals surface area (Å²) in [6.07, 6.45) is 1.85. The van der Waals surface area contributed by atoms with E-state index in [1.807, 2.05) is 19.1 Å². The van der Waals surface area contributed by atoms with Crippen LogP contribution in [0, 0.1) is 5.92 Å². The number of nitrogens with zero attached hydrogens (tertiary/aromatic N) is 2. The first-order chi connectivity index (χ1) is 7.13. The summed E-state index contributed by atoms with van der Waals surface area (Å²) in [5.74, 6) is 0.417. The van der Waals surface area contributed by atoms with E-state index in [4.69, 9.17) is 9.47 Å². The van der Waals surface area contributed by atoms with Gasteiger partial charge in [-0.2, -0.15) is 5.10 Å². The van der Waals surface area contributed by atoms with E-state index in [-0.39, 0.29) is 6.29 Å². The maximum Gasteiger partial charge on any atom is 0.158 e. The molecule has 0 N–H and O–H groups in total. The molecule has 15 heavy (non-hydrogen) atoms. The zero-order valence-corrected chi connectivity index (χ0v) is 10.2. The highest BCUT2D eigenvalue weighted by Gasteiger charge is 2.21. The topological polar surface area (TPSA) is 34.1 Å². The summed E-state index contributed by atoms with van der Waals surface area (Å²) in [5, 5.41) is 6.33. The first-order valence-corrected chi connectivity index (χ1v) is 5.61. The molecule has 0 amide bonds. The van der Waals surface area contributed by atoms with Crippen molar-refractivity contribution in [2.24, 2.45) is 11.0 Å². The molecule has 1 saturated heterocycles. The predicted octanol–water partition coefficient (Wildman–Crippen LogP) is 1.71. The Kier molecular flexibility index (Phi) is 5.05. The average Bonchev–Trinajstić information content (AvgIpc) is 2.66. The number of rotatable bonds is 5. The van der Waals surface area contributed by atoms with Gasteiger partial charge in [-0.25, -0.2) is 0 Å². The first kappa shape index (κ1) is 12.5. The maximum absolute atomic E-state index is 5.43. The van der Waals surface area contributed by atoms with Crippen LogP contribution in [0.5, 0.6) is 0 Å². The molecule has 0 aromatic carbocycles. The monoisotopic (exact) mass is 214 g/mol. The van der Waals surface area contributed by atoms with E-state index in [0.29, 0.717) is 5.92 Å². The van der Waals surface area contributed by atoms with Crippen molar-refractivity contribution in [1.82, 2.24) is 5.01 Å². The minimum absolute atomic E-state index is 0.0288. The van der Waals surface area contributed by atoms with Gasteiger partial charge in [-0.3, -0.25) is 0 Å². The highest BCUT2D eigenvalue weighted by molar-refractivity contribution is 5.86. The van der Waals surface area contributed by atoms with Gasteiger partial charge in [0.15, 0.2) is 6.29 Å². The van der Waals surface area contributed by atoms with Gasteiger partial charge in [0, 0.05) is 32.1 Å². The number of hydrogen-bond acceptors (Lipinski definition) is 4. The molecule has 0 aromatic heterocycles. The van der Waals surface area contributed by atoms with Gasteiger partial charge in [-0.1, -0.05) is 13.8 Å². The molecule has 1 heterocycles. The lowest BCUT2D eigenvalue weighted by atomic mass is 9.99. The molecule has 4 nitrogen and oxygen atoms in total. The second-order valence-corrected chi connectivity index (χ2v) is 4.10. The van der Waals surface area contributed by atoms with E-state index < -0.39 is 0 Å². The largest absolute Gasteiger partial charge is 0.350 e. The molecule has 1 aliphatic rings. The predicted molar refractivity (Wildman–Crippen MR) is 60.9 cm³/mol. The third kappa shape index (κ3) is 4.18. The Balaban J connectivity index is 2.45. The van der Waals surface area contributed by atoms with Gasteiger partial charge >= 0.3 is 0 Å². The molecule has 0 bridgehead atoms. The zero-order chi connectivity index (χ0) is 11.3. The molecular weight excluding hydrogens is 192 g/mol. The van der Waals surface area contributed by atoms with E-state index in [0.717, 1.165) is 26.1 Å². The van der Waals surface area contributed by atoms with Crippen LogP contribution in [0.3, 0.4) is 0 Å². The fourth-order valence-electron chi connectivity index (χ4n) is 1.74. The molecule has 88 valence electrons. The summed E-state index contributed by atoms with van der Waals surface area (Å²) in [7, 11) is 3.90. The summed E-state index contributed by atoms with van der Waals surface area (Å²) in [4.78, 5) is 0. The summed E-state index contributed by atoms with van der Waals surface area (Å²) in [6, 6.07) is 0. The van der Waals surface area contributed by atoms with Gasteiger partial charge < -0.3 is 14.5 Å². The van der Waals surface area contributed by atoms with Crippen LogP contribution in [0.15, 0.2) is 5.10 Å². The SMILES string of the molecule is CC/C(=N\N(C)C)C(C)CC1OCCO1. The number of hydrogen-bond donors (Lipinski definition) is 0. The third-order valence-electron chi connectivity index (χ3n) is 2.50. The molecular formula is C11H22N2O2. The van der Waals surface area contributed by atoms with Crippen molar-refractivity contribution in [3.8, 4) is 0 Å². The number of ether oxygens (including phenoxy) is 2.